The van der Waals surface area contributed by atoms with Crippen molar-refractivity contribution in [1.29, 1.82) is 0 Å². The van der Waals surface area contributed by atoms with Crippen molar-refractivity contribution in [3.05, 3.63) is 41.4 Å². The quantitative estimate of drug-likeness (QED) is 0.691. The second-order valence-corrected chi connectivity index (χ2v) is 5.11. The molecule has 1 aliphatic carbocycles. The molecule has 1 heterocycles. The number of fused-ring (bicyclic) bond motifs is 1. The molecule has 1 aliphatic rings. The highest BCUT2D eigenvalue weighted by atomic mass is 19.1. The van der Waals surface area contributed by atoms with Gasteiger partial charge in [-0.15, -0.1) is 0 Å². The lowest BCUT2D eigenvalue weighted by molar-refractivity contribution is 0.426. The Labute approximate surface area is 106 Å². The normalized spacial score (nSPS) is 19.6. The number of hydrogen-bond donors (Lipinski definition) is 0. The predicted octanol–water partition coefficient (Wildman–Crippen LogP) is 4.07. The Morgan fingerprint density at radius 1 is 1.28 bits per heavy atom. The molecule has 2 nitrogen and oxygen atoms in total. The van der Waals surface area contributed by atoms with Gasteiger partial charge in [-0.2, -0.15) is 5.10 Å². The Balaban J connectivity index is 2.21. The Kier molecular flexibility index (Phi) is 2.69. The molecule has 2 aromatic rings. The molecule has 1 atom stereocenters. The molecule has 0 bridgehead atoms. The van der Waals surface area contributed by atoms with E-state index in [2.05, 4.69) is 17.3 Å². The van der Waals surface area contributed by atoms with E-state index in [4.69, 9.17) is 0 Å². The van der Waals surface area contributed by atoms with Crippen molar-refractivity contribution in [2.75, 3.05) is 0 Å². The molecule has 18 heavy (non-hydrogen) atoms. The molecule has 0 saturated heterocycles. The van der Waals surface area contributed by atoms with Crippen LogP contribution in [-0.4, -0.2) is 9.78 Å². The summed E-state index contributed by atoms with van der Waals surface area (Å²) in [6.45, 7) is 3.87. The van der Waals surface area contributed by atoms with Gasteiger partial charge in [0.15, 0.2) is 0 Å². The van der Waals surface area contributed by atoms with E-state index in [1.54, 1.807) is 6.07 Å². The lowest BCUT2D eigenvalue weighted by Gasteiger charge is -2.19. The molecule has 0 N–H and O–H groups in total. The van der Waals surface area contributed by atoms with E-state index in [9.17, 15) is 4.39 Å². The Bertz CT molecular complexity index is 625. The number of halogens is 1. The lowest BCUT2D eigenvalue weighted by Crippen LogP contribution is -2.12. The highest BCUT2D eigenvalue weighted by Gasteiger charge is 2.19. The second-order valence-electron chi connectivity index (χ2n) is 5.11. The van der Waals surface area contributed by atoms with E-state index >= 15 is 0 Å². The van der Waals surface area contributed by atoms with Gasteiger partial charge in [0.25, 0.3) is 0 Å². The molecule has 3 heteroatoms. The van der Waals surface area contributed by atoms with Crippen LogP contribution in [0.5, 0.6) is 0 Å². The second kappa shape index (κ2) is 4.23. The molecule has 0 aliphatic heterocycles. The van der Waals surface area contributed by atoms with Crippen LogP contribution in [0.4, 0.5) is 4.39 Å². The molecule has 0 radical (unpaired) electrons. The van der Waals surface area contributed by atoms with Gasteiger partial charge in [0.2, 0.25) is 0 Å². The number of allylic oxidation sites excluding steroid dienone is 2. The number of hydrogen-bond acceptors (Lipinski definition) is 1. The van der Waals surface area contributed by atoms with Crippen molar-refractivity contribution < 1.29 is 4.39 Å². The number of aryl methyl sites for hydroxylation is 2. The zero-order valence-electron chi connectivity index (χ0n) is 10.8. The van der Waals surface area contributed by atoms with Crippen molar-refractivity contribution in [2.45, 2.75) is 39.2 Å². The summed E-state index contributed by atoms with van der Waals surface area (Å²) in [7, 11) is 0. The first-order valence-corrected chi connectivity index (χ1v) is 6.47. The highest BCUT2D eigenvalue weighted by molar-refractivity contribution is 5.83. The van der Waals surface area contributed by atoms with Crippen LogP contribution in [0.1, 0.15) is 36.6 Å². The molecule has 1 aromatic heterocycles. The predicted molar refractivity (Wildman–Crippen MR) is 71.2 cm³/mol. The fraction of sp³-hybridized carbons (Fsp3) is 0.400. The fourth-order valence-electron chi connectivity index (χ4n) is 2.77. The molecule has 0 fully saturated rings. The van der Waals surface area contributed by atoms with E-state index in [1.807, 2.05) is 24.6 Å². The highest BCUT2D eigenvalue weighted by Crippen LogP contribution is 2.30. The summed E-state index contributed by atoms with van der Waals surface area (Å²) in [4.78, 5) is 0. The molecule has 3 rings (SSSR count). The minimum Gasteiger partial charge on any atom is -0.258 e. The summed E-state index contributed by atoms with van der Waals surface area (Å²) < 4.78 is 16.1. The van der Waals surface area contributed by atoms with E-state index in [-0.39, 0.29) is 5.82 Å². The van der Waals surface area contributed by atoms with Crippen molar-refractivity contribution in [3.63, 3.8) is 0 Å². The summed E-state index contributed by atoms with van der Waals surface area (Å²) in [5.41, 5.74) is 2.53. The maximum absolute atomic E-state index is 14.2. The number of nitrogens with zero attached hydrogens (tertiary/aromatic N) is 2. The van der Waals surface area contributed by atoms with E-state index in [0.29, 0.717) is 11.6 Å². The number of aromatic nitrogens is 2. The maximum Gasteiger partial charge on any atom is 0.149 e. The zero-order chi connectivity index (χ0) is 12.7. The van der Waals surface area contributed by atoms with Gasteiger partial charge in [-0.3, -0.25) is 4.68 Å². The number of rotatable bonds is 1. The maximum atomic E-state index is 14.2. The minimum absolute atomic E-state index is 0.153. The van der Waals surface area contributed by atoms with Crippen LogP contribution in [0.2, 0.25) is 0 Å². The van der Waals surface area contributed by atoms with Crippen LogP contribution in [0.25, 0.3) is 10.9 Å². The molecule has 94 valence electrons. The molecule has 1 aromatic carbocycles. The number of benzene rings is 1. The standard InChI is InChI=1S/C15H17FN2/c1-10-8-13-11(2)17-18(15(13)14(16)9-10)12-6-4-3-5-7-12/h3-4,8-9,12H,5-7H2,1-2H3. The van der Waals surface area contributed by atoms with Gasteiger partial charge in [0.1, 0.15) is 11.3 Å². The minimum atomic E-state index is -0.153. The van der Waals surface area contributed by atoms with Crippen LogP contribution < -0.4 is 0 Å². The zero-order valence-corrected chi connectivity index (χ0v) is 10.8. The van der Waals surface area contributed by atoms with Gasteiger partial charge in [-0.25, -0.2) is 4.39 Å². The van der Waals surface area contributed by atoms with Gasteiger partial charge in [-0.05, 0) is 50.8 Å². The summed E-state index contributed by atoms with van der Waals surface area (Å²) in [5, 5.41) is 5.50. The Morgan fingerprint density at radius 2 is 2.11 bits per heavy atom. The van der Waals surface area contributed by atoms with Crippen LogP contribution >= 0.6 is 0 Å². The fourth-order valence-corrected chi connectivity index (χ4v) is 2.77. The third-order valence-electron chi connectivity index (χ3n) is 3.67. The monoisotopic (exact) mass is 244 g/mol. The molecule has 0 saturated carbocycles. The topological polar surface area (TPSA) is 17.8 Å². The molecular formula is C15H17FN2. The third kappa shape index (κ3) is 1.74. The van der Waals surface area contributed by atoms with Crippen molar-refractivity contribution in [2.24, 2.45) is 0 Å². The van der Waals surface area contributed by atoms with Crippen molar-refractivity contribution in [1.82, 2.24) is 9.78 Å². The molecular weight excluding hydrogens is 227 g/mol. The van der Waals surface area contributed by atoms with Crippen LogP contribution in [0, 0.1) is 19.7 Å². The van der Waals surface area contributed by atoms with E-state index < -0.39 is 0 Å². The van der Waals surface area contributed by atoms with Gasteiger partial charge in [-0.1, -0.05) is 12.2 Å². The lowest BCUT2D eigenvalue weighted by atomic mass is 10.0. The van der Waals surface area contributed by atoms with Gasteiger partial charge in [0, 0.05) is 5.39 Å². The van der Waals surface area contributed by atoms with Gasteiger partial charge >= 0.3 is 0 Å². The average molecular weight is 244 g/mol. The first kappa shape index (κ1) is 11.5. The SMILES string of the molecule is Cc1cc(F)c2c(c1)c(C)nn2C1CC=CCC1. The average Bonchev–Trinajstić information content (AvgIpc) is 2.68. The molecule has 0 amide bonds. The smallest absolute Gasteiger partial charge is 0.149 e. The van der Waals surface area contributed by atoms with Gasteiger partial charge < -0.3 is 0 Å². The molecule has 0 spiro atoms. The van der Waals surface area contributed by atoms with Gasteiger partial charge in [0.05, 0.1) is 11.7 Å². The Morgan fingerprint density at radius 3 is 2.83 bits per heavy atom. The summed E-state index contributed by atoms with van der Waals surface area (Å²) in [6.07, 6.45) is 7.40. The summed E-state index contributed by atoms with van der Waals surface area (Å²) >= 11 is 0. The van der Waals surface area contributed by atoms with Crippen molar-refractivity contribution in [3.8, 4) is 0 Å². The summed E-state index contributed by atoms with van der Waals surface area (Å²) in [5.74, 6) is -0.153. The summed E-state index contributed by atoms with van der Waals surface area (Å²) in [6, 6.07) is 3.91. The first-order valence-electron chi connectivity index (χ1n) is 6.47. The van der Waals surface area contributed by atoms with Crippen LogP contribution in [-0.2, 0) is 0 Å². The van der Waals surface area contributed by atoms with Crippen LogP contribution in [0.3, 0.4) is 0 Å². The Hall–Kier alpha value is -1.64. The molecule has 1 unspecified atom stereocenters. The van der Waals surface area contributed by atoms with Crippen molar-refractivity contribution >= 4 is 10.9 Å². The third-order valence-corrected chi connectivity index (χ3v) is 3.67. The van der Waals surface area contributed by atoms with E-state index in [1.165, 1.54) is 0 Å². The van der Waals surface area contributed by atoms with Crippen LogP contribution in [0.15, 0.2) is 24.3 Å². The largest absolute Gasteiger partial charge is 0.258 e. The first-order chi connectivity index (χ1) is 8.66. The van der Waals surface area contributed by atoms with E-state index in [0.717, 1.165) is 35.9 Å².